The van der Waals surface area contributed by atoms with Crippen LogP contribution in [0.5, 0.6) is 0 Å². The molecule has 6 heteroatoms. The van der Waals surface area contributed by atoms with E-state index in [4.69, 9.17) is 5.11 Å². The maximum atomic E-state index is 12.0. The molecule has 1 aliphatic heterocycles. The summed E-state index contributed by atoms with van der Waals surface area (Å²) in [4.78, 5) is 28.9. The summed E-state index contributed by atoms with van der Waals surface area (Å²) in [7, 11) is 0. The number of likely N-dealkylation sites (tertiary alicyclic amines) is 1. The minimum atomic E-state index is -0.854. The van der Waals surface area contributed by atoms with Crippen LogP contribution in [0.15, 0.2) is 18.3 Å². The highest BCUT2D eigenvalue weighted by molar-refractivity contribution is 5.79. The monoisotopic (exact) mass is 277 g/mol. The van der Waals surface area contributed by atoms with Gasteiger partial charge in [0.15, 0.2) is 0 Å². The highest BCUT2D eigenvalue weighted by atomic mass is 16.4. The van der Waals surface area contributed by atoms with E-state index in [1.807, 2.05) is 19.1 Å². The first-order valence-electron chi connectivity index (χ1n) is 6.58. The number of aliphatic carboxylic acids is 1. The Morgan fingerprint density at radius 3 is 2.90 bits per heavy atom. The fourth-order valence-corrected chi connectivity index (χ4v) is 2.28. The molecule has 0 saturated carbocycles. The Kier molecular flexibility index (Phi) is 3.92. The summed E-state index contributed by atoms with van der Waals surface area (Å²) in [6.07, 6.45) is 2.19. The van der Waals surface area contributed by atoms with Gasteiger partial charge in [0, 0.05) is 19.3 Å². The van der Waals surface area contributed by atoms with E-state index in [0.717, 1.165) is 11.3 Å². The number of hydrogen-bond acceptors (Lipinski definition) is 3. The second-order valence-corrected chi connectivity index (χ2v) is 5.52. The Bertz CT molecular complexity index is 532. The third-order valence-corrected chi connectivity index (χ3v) is 3.67. The predicted octanol–water partition coefficient (Wildman–Crippen LogP) is 1.40. The quantitative estimate of drug-likeness (QED) is 0.874. The SMILES string of the molecule is Cc1ccnc(CNC(=O)N2CCC(C)(C(=O)O)C2)c1. The lowest BCUT2D eigenvalue weighted by Gasteiger charge is -2.20. The molecule has 1 fully saturated rings. The molecule has 1 saturated heterocycles. The van der Waals surface area contributed by atoms with E-state index in [1.165, 1.54) is 0 Å². The Hall–Kier alpha value is -2.11. The van der Waals surface area contributed by atoms with Crippen LogP contribution in [0.2, 0.25) is 0 Å². The zero-order valence-corrected chi connectivity index (χ0v) is 11.7. The van der Waals surface area contributed by atoms with E-state index in [1.54, 1.807) is 18.0 Å². The molecule has 0 aliphatic carbocycles. The van der Waals surface area contributed by atoms with Crippen molar-refractivity contribution in [1.82, 2.24) is 15.2 Å². The van der Waals surface area contributed by atoms with Crippen LogP contribution in [0.4, 0.5) is 4.79 Å². The summed E-state index contributed by atoms with van der Waals surface area (Å²) in [5.74, 6) is -0.854. The van der Waals surface area contributed by atoms with E-state index < -0.39 is 11.4 Å². The summed E-state index contributed by atoms with van der Waals surface area (Å²) >= 11 is 0. The number of rotatable bonds is 3. The van der Waals surface area contributed by atoms with Crippen molar-refractivity contribution in [3.05, 3.63) is 29.6 Å². The molecule has 20 heavy (non-hydrogen) atoms. The Labute approximate surface area is 117 Å². The molecule has 6 nitrogen and oxygen atoms in total. The van der Waals surface area contributed by atoms with Gasteiger partial charge in [0.25, 0.3) is 0 Å². The minimum absolute atomic E-state index is 0.238. The number of nitrogens with one attached hydrogen (secondary N) is 1. The van der Waals surface area contributed by atoms with Crippen LogP contribution in [0.1, 0.15) is 24.6 Å². The van der Waals surface area contributed by atoms with Crippen LogP contribution in [-0.2, 0) is 11.3 Å². The van der Waals surface area contributed by atoms with Crippen molar-refractivity contribution in [3.8, 4) is 0 Å². The highest BCUT2D eigenvalue weighted by Gasteiger charge is 2.42. The lowest BCUT2D eigenvalue weighted by molar-refractivity contribution is -0.146. The molecule has 1 aromatic heterocycles. The number of carbonyl (C=O) groups is 2. The van der Waals surface area contributed by atoms with Crippen molar-refractivity contribution >= 4 is 12.0 Å². The zero-order chi connectivity index (χ0) is 14.8. The zero-order valence-electron chi connectivity index (χ0n) is 11.7. The average molecular weight is 277 g/mol. The molecule has 0 radical (unpaired) electrons. The molecule has 1 aromatic rings. The first-order valence-corrected chi connectivity index (χ1v) is 6.58. The normalized spacial score (nSPS) is 21.8. The number of urea groups is 1. The molecular weight excluding hydrogens is 258 g/mol. The summed E-state index contributed by atoms with van der Waals surface area (Å²) in [6.45, 7) is 4.70. The van der Waals surface area contributed by atoms with Crippen LogP contribution in [0, 0.1) is 12.3 Å². The summed E-state index contributed by atoms with van der Waals surface area (Å²) in [5, 5.41) is 11.9. The van der Waals surface area contributed by atoms with E-state index >= 15 is 0 Å². The Balaban J connectivity index is 1.89. The van der Waals surface area contributed by atoms with Crippen molar-refractivity contribution in [2.75, 3.05) is 13.1 Å². The molecule has 1 atom stereocenters. The smallest absolute Gasteiger partial charge is 0.317 e. The number of hydrogen-bond donors (Lipinski definition) is 2. The van der Waals surface area contributed by atoms with Gasteiger partial charge in [-0.3, -0.25) is 9.78 Å². The summed E-state index contributed by atoms with van der Waals surface area (Å²) in [6, 6.07) is 3.56. The number of amides is 2. The number of pyridine rings is 1. The molecule has 1 aliphatic rings. The van der Waals surface area contributed by atoms with Gasteiger partial charge in [-0.25, -0.2) is 4.79 Å². The molecule has 108 valence electrons. The number of carbonyl (C=O) groups excluding carboxylic acids is 1. The van der Waals surface area contributed by atoms with Gasteiger partial charge in [-0.2, -0.15) is 0 Å². The second-order valence-electron chi connectivity index (χ2n) is 5.52. The van der Waals surface area contributed by atoms with E-state index in [9.17, 15) is 9.59 Å². The van der Waals surface area contributed by atoms with Crippen molar-refractivity contribution < 1.29 is 14.7 Å². The molecule has 1 unspecified atom stereocenters. The van der Waals surface area contributed by atoms with Gasteiger partial charge >= 0.3 is 12.0 Å². The van der Waals surface area contributed by atoms with Crippen molar-refractivity contribution in [3.63, 3.8) is 0 Å². The van der Waals surface area contributed by atoms with Gasteiger partial charge in [0.1, 0.15) is 0 Å². The fraction of sp³-hybridized carbons (Fsp3) is 0.500. The van der Waals surface area contributed by atoms with Gasteiger partial charge in [0.2, 0.25) is 0 Å². The fourth-order valence-electron chi connectivity index (χ4n) is 2.28. The highest BCUT2D eigenvalue weighted by Crippen LogP contribution is 2.29. The molecule has 2 N–H and O–H groups in total. The Morgan fingerprint density at radius 2 is 2.30 bits per heavy atom. The molecular formula is C14H19N3O3. The largest absolute Gasteiger partial charge is 0.481 e. The Morgan fingerprint density at radius 1 is 1.55 bits per heavy atom. The third-order valence-electron chi connectivity index (χ3n) is 3.67. The van der Waals surface area contributed by atoms with Crippen LogP contribution in [0.3, 0.4) is 0 Å². The first-order chi connectivity index (χ1) is 9.40. The van der Waals surface area contributed by atoms with Crippen molar-refractivity contribution in [2.24, 2.45) is 5.41 Å². The first kappa shape index (κ1) is 14.3. The van der Waals surface area contributed by atoms with Crippen molar-refractivity contribution in [1.29, 1.82) is 0 Å². The maximum Gasteiger partial charge on any atom is 0.317 e. The van der Waals surface area contributed by atoms with E-state index in [-0.39, 0.29) is 12.6 Å². The second kappa shape index (κ2) is 5.48. The lowest BCUT2D eigenvalue weighted by Crippen LogP contribution is -2.40. The maximum absolute atomic E-state index is 12.0. The molecule has 0 bridgehead atoms. The molecule has 0 aromatic carbocycles. The standard InChI is InChI=1S/C14H19N3O3/c1-10-3-5-15-11(7-10)8-16-13(20)17-6-4-14(2,9-17)12(18)19/h3,5,7H,4,6,8-9H2,1-2H3,(H,16,20)(H,18,19). The number of aryl methyl sites for hydroxylation is 1. The van der Waals surface area contributed by atoms with Crippen LogP contribution < -0.4 is 5.32 Å². The third kappa shape index (κ3) is 3.07. The predicted molar refractivity (Wildman–Crippen MR) is 73.1 cm³/mol. The van der Waals surface area contributed by atoms with Gasteiger partial charge < -0.3 is 15.3 Å². The van der Waals surface area contributed by atoms with Gasteiger partial charge in [-0.05, 0) is 38.0 Å². The number of carboxylic acids is 1. The summed E-state index contributed by atoms with van der Waals surface area (Å²) < 4.78 is 0. The van der Waals surface area contributed by atoms with Crippen LogP contribution >= 0.6 is 0 Å². The average Bonchev–Trinajstić information content (AvgIpc) is 2.80. The molecule has 2 amide bonds. The molecule has 2 heterocycles. The van der Waals surface area contributed by atoms with Gasteiger partial charge in [0.05, 0.1) is 17.7 Å². The van der Waals surface area contributed by atoms with Gasteiger partial charge in [-0.15, -0.1) is 0 Å². The van der Waals surface area contributed by atoms with E-state index in [2.05, 4.69) is 10.3 Å². The van der Waals surface area contributed by atoms with Crippen LogP contribution in [-0.4, -0.2) is 40.1 Å². The number of aromatic nitrogens is 1. The topological polar surface area (TPSA) is 82.5 Å². The van der Waals surface area contributed by atoms with E-state index in [0.29, 0.717) is 19.5 Å². The minimum Gasteiger partial charge on any atom is -0.481 e. The lowest BCUT2D eigenvalue weighted by atomic mass is 9.90. The van der Waals surface area contributed by atoms with Crippen LogP contribution in [0.25, 0.3) is 0 Å². The molecule has 2 rings (SSSR count). The molecule has 0 spiro atoms. The number of carboxylic acid groups (broad SMARTS) is 1. The number of nitrogens with zero attached hydrogens (tertiary/aromatic N) is 2. The van der Waals surface area contributed by atoms with Gasteiger partial charge in [-0.1, -0.05) is 0 Å². The summed E-state index contributed by atoms with van der Waals surface area (Å²) in [5.41, 5.74) is 1.04. The van der Waals surface area contributed by atoms with Crippen molar-refractivity contribution in [2.45, 2.75) is 26.8 Å².